The second-order valence-electron chi connectivity index (χ2n) is 6.58. The lowest BCUT2D eigenvalue weighted by Crippen LogP contribution is -2.58. The molecule has 17 heavy (non-hydrogen) atoms. The van der Waals surface area contributed by atoms with Gasteiger partial charge in [0.25, 0.3) is 0 Å². The van der Waals surface area contributed by atoms with Gasteiger partial charge in [-0.25, -0.2) is 0 Å². The molecule has 2 nitrogen and oxygen atoms in total. The van der Waals surface area contributed by atoms with Gasteiger partial charge in [0.15, 0.2) is 0 Å². The molecule has 0 aromatic heterocycles. The Kier molecular flexibility index (Phi) is 4.43. The molecule has 1 unspecified atom stereocenters. The third kappa shape index (κ3) is 3.18. The topological polar surface area (TPSA) is 29.3 Å². The fraction of sp³-hybridized carbons (Fsp3) is 1.00. The summed E-state index contributed by atoms with van der Waals surface area (Å²) in [6.07, 6.45) is 6.68. The van der Waals surface area contributed by atoms with Gasteiger partial charge >= 0.3 is 0 Å². The Labute approximate surface area is 111 Å². The van der Waals surface area contributed by atoms with E-state index >= 15 is 0 Å². The Balaban J connectivity index is 2.11. The molecule has 0 bridgehead atoms. The van der Waals surface area contributed by atoms with Crippen LogP contribution in [-0.2, 0) is 0 Å². The summed E-state index contributed by atoms with van der Waals surface area (Å²) in [6.45, 7) is 8.20. The first-order chi connectivity index (χ1) is 8.08. The van der Waals surface area contributed by atoms with Gasteiger partial charge in [-0.15, -0.1) is 0 Å². The smallest absolute Gasteiger partial charge is 0.0337 e. The number of nitrogens with zero attached hydrogens (tertiary/aromatic N) is 1. The number of rotatable bonds is 2. The Hall–Kier alpha value is 0.270. The van der Waals surface area contributed by atoms with Gasteiger partial charge in [0.1, 0.15) is 0 Å². The van der Waals surface area contributed by atoms with E-state index in [0.29, 0.717) is 11.0 Å². The van der Waals surface area contributed by atoms with Crippen molar-refractivity contribution in [1.29, 1.82) is 0 Å². The summed E-state index contributed by atoms with van der Waals surface area (Å²) >= 11 is 2.11. The average molecular weight is 256 g/mol. The highest BCUT2D eigenvalue weighted by molar-refractivity contribution is 7.99. The van der Waals surface area contributed by atoms with Crippen molar-refractivity contribution >= 4 is 11.8 Å². The van der Waals surface area contributed by atoms with Crippen LogP contribution >= 0.6 is 11.8 Å². The summed E-state index contributed by atoms with van der Waals surface area (Å²) in [5.41, 5.74) is 6.99. The summed E-state index contributed by atoms with van der Waals surface area (Å²) in [5, 5.41) is 0. The molecule has 0 aromatic rings. The van der Waals surface area contributed by atoms with Gasteiger partial charge in [-0.1, -0.05) is 20.3 Å². The van der Waals surface area contributed by atoms with Crippen molar-refractivity contribution < 1.29 is 0 Å². The molecule has 0 spiro atoms. The van der Waals surface area contributed by atoms with Gasteiger partial charge < -0.3 is 5.73 Å². The number of thioether (sulfide) groups is 1. The van der Waals surface area contributed by atoms with Crippen molar-refractivity contribution in [3.8, 4) is 0 Å². The lowest BCUT2D eigenvalue weighted by Gasteiger charge is -2.51. The van der Waals surface area contributed by atoms with Gasteiger partial charge in [0.05, 0.1) is 0 Å². The third-order valence-corrected chi connectivity index (χ3v) is 5.62. The summed E-state index contributed by atoms with van der Waals surface area (Å²) in [6, 6.07) is 0. The predicted molar refractivity (Wildman–Crippen MR) is 77.5 cm³/mol. The molecule has 1 atom stereocenters. The number of nitrogens with two attached hydrogens (primary N) is 1. The SMILES string of the molecule is CC1(C)CCCC(CN)(N2CCCSCC2)C1. The van der Waals surface area contributed by atoms with Crippen molar-refractivity contribution in [3.05, 3.63) is 0 Å². The fourth-order valence-electron chi connectivity index (χ4n) is 3.76. The van der Waals surface area contributed by atoms with Crippen LogP contribution in [0.15, 0.2) is 0 Å². The zero-order chi connectivity index (χ0) is 12.4. The van der Waals surface area contributed by atoms with E-state index in [2.05, 4.69) is 30.5 Å². The van der Waals surface area contributed by atoms with E-state index in [1.54, 1.807) is 0 Å². The van der Waals surface area contributed by atoms with Crippen molar-refractivity contribution in [1.82, 2.24) is 4.90 Å². The highest BCUT2D eigenvalue weighted by Gasteiger charge is 2.42. The van der Waals surface area contributed by atoms with Crippen LogP contribution < -0.4 is 5.73 Å². The van der Waals surface area contributed by atoms with Crippen molar-refractivity contribution in [3.63, 3.8) is 0 Å². The van der Waals surface area contributed by atoms with Crippen LogP contribution in [0.4, 0.5) is 0 Å². The normalized spacial score (nSPS) is 35.5. The van der Waals surface area contributed by atoms with E-state index in [-0.39, 0.29) is 0 Å². The molecule has 1 aliphatic carbocycles. The number of hydrogen-bond acceptors (Lipinski definition) is 3. The van der Waals surface area contributed by atoms with E-state index in [9.17, 15) is 0 Å². The minimum Gasteiger partial charge on any atom is -0.329 e. The molecule has 2 rings (SSSR count). The minimum atomic E-state index is 0.312. The first-order valence-corrected chi connectivity index (χ1v) is 8.26. The quantitative estimate of drug-likeness (QED) is 0.824. The van der Waals surface area contributed by atoms with Gasteiger partial charge in [-0.3, -0.25) is 4.90 Å². The largest absolute Gasteiger partial charge is 0.329 e. The van der Waals surface area contributed by atoms with Crippen molar-refractivity contribution in [2.24, 2.45) is 11.1 Å². The van der Waals surface area contributed by atoms with E-state index in [4.69, 9.17) is 5.73 Å². The van der Waals surface area contributed by atoms with Crippen LogP contribution in [0.3, 0.4) is 0 Å². The maximum atomic E-state index is 6.19. The third-order valence-electron chi connectivity index (χ3n) is 4.58. The standard InChI is InChI=1S/C14H28N2S/c1-13(2)5-3-6-14(11-13,12-15)16-7-4-9-17-10-8-16/h3-12,15H2,1-2H3. The van der Waals surface area contributed by atoms with Crippen LogP contribution in [0.1, 0.15) is 46.0 Å². The van der Waals surface area contributed by atoms with E-state index in [1.807, 2.05) is 0 Å². The predicted octanol–water partition coefficient (Wildman–Crippen LogP) is 2.72. The Morgan fingerprint density at radius 2 is 1.94 bits per heavy atom. The minimum absolute atomic E-state index is 0.312. The molecule has 0 aromatic carbocycles. The molecule has 2 fully saturated rings. The van der Waals surface area contributed by atoms with Gasteiger partial charge in [-0.2, -0.15) is 11.8 Å². The zero-order valence-electron chi connectivity index (χ0n) is 11.5. The van der Waals surface area contributed by atoms with Crippen molar-refractivity contribution in [2.75, 3.05) is 31.1 Å². The van der Waals surface area contributed by atoms with Crippen LogP contribution in [-0.4, -0.2) is 41.6 Å². The van der Waals surface area contributed by atoms with Gasteiger partial charge in [0.2, 0.25) is 0 Å². The molecule has 0 amide bonds. The number of hydrogen-bond donors (Lipinski definition) is 1. The van der Waals surface area contributed by atoms with Crippen LogP contribution in [0.5, 0.6) is 0 Å². The summed E-state index contributed by atoms with van der Waals surface area (Å²) in [5.74, 6) is 2.63. The molecular weight excluding hydrogens is 228 g/mol. The highest BCUT2D eigenvalue weighted by atomic mass is 32.2. The van der Waals surface area contributed by atoms with E-state index < -0.39 is 0 Å². The fourth-order valence-corrected chi connectivity index (χ4v) is 4.64. The summed E-state index contributed by atoms with van der Waals surface area (Å²) in [4.78, 5) is 2.73. The average Bonchev–Trinajstić information content (AvgIpc) is 2.56. The van der Waals surface area contributed by atoms with Crippen LogP contribution in [0, 0.1) is 5.41 Å². The Morgan fingerprint density at radius 3 is 2.65 bits per heavy atom. The second kappa shape index (κ2) is 5.50. The van der Waals surface area contributed by atoms with Crippen molar-refractivity contribution in [2.45, 2.75) is 51.5 Å². The van der Waals surface area contributed by atoms with Gasteiger partial charge in [0, 0.05) is 24.4 Å². The monoisotopic (exact) mass is 256 g/mol. The molecule has 1 saturated carbocycles. The molecule has 1 saturated heterocycles. The van der Waals surface area contributed by atoms with Crippen LogP contribution in [0.25, 0.3) is 0 Å². The molecule has 3 heteroatoms. The van der Waals surface area contributed by atoms with Crippen LogP contribution in [0.2, 0.25) is 0 Å². The molecule has 2 N–H and O–H groups in total. The Morgan fingerprint density at radius 1 is 1.12 bits per heavy atom. The molecule has 0 radical (unpaired) electrons. The molecule has 100 valence electrons. The molecule has 1 heterocycles. The van der Waals surface area contributed by atoms with Gasteiger partial charge in [-0.05, 0) is 43.4 Å². The first-order valence-electron chi connectivity index (χ1n) is 7.11. The maximum Gasteiger partial charge on any atom is 0.0337 e. The molecular formula is C14H28N2S. The lowest BCUT2D eigenvalue weighted by molar-refractivity contribution is 0.0148. The first kappa shape index (κ1) is 13.7. The Bertz CT molecular complexity index is 247. The zero-order valence-corrected chi connectivity index (χ0v) is 12.3. The summed E-state index contributed by atoms with van der Waals surface area (Å²) in [7, 11) is 0. The summed E-state index contributed by atoms with van der Waals surface area (Å²) < 4.78 is 0. The highest BCUT2D eigenvalue weighted by Crippen LogP contribution is 2.43. The second-order valence-corrected chi connectivity index (χ2v) is 7.80. The molecule has 2 aliphatic rings. The molecule has 1 aliphatic heterocycles. The lowest BCUT2D eigenvalue weighted by atomic mass is 9.67. The van der Waals surface area contributed by atoms with E-state index in [0.717, 1.165) is 6.54 Å². The van der Waals surface area contributed by atoms with E-state index in [1.165, 1.54) is 56.7 Å². The maximum absolute atomic E-state index is 6.19.